The van der Waals surface area contributed by atoms with Gasteiger partial charge in [0.2, 0.25) is 0 Å². The lowest BCUT2D eigenvalue weighted by Crippen LogP contribution is -2.17. The standard InChI is InChI=1S/C12H22N4OS/c1-4-5-6-7-8-16-11(9(2)17-3)10(12(13)18)14-15-16/h9H,4-8H2,1-3H3,(H2,13,18). The van der Waals surface area contributed by atoms with Crippen LogP contribution in [0.5, 0.6) is 0 Å². The number of methoxy groups -OCH3 is 1. The van der Waals surface area contributed by atoms with E-state index in [-0.39, 0.29) is 11.1 Å². The fourth-order valence-corrected chi connectivity index (χ4v) is 2.01. The number of aryl methyl sites for hydroxylation is 1. The average molecular weight is 270 g/mol. The third-order valence-electron chi connectivity index (χ3n) is 2.97. The molecule has 1 rings (SSSR count). The second-order valence-electron chi connectivity index (χ2n) is 4.35. The van der Waals surface area contributed by atoms with Crippen LogP contribution in [0.1, 0.15) is 57.0 Å². The molecule has 0 fully saturated rings. The molecule has 0 saturated heterocycles. The summed E-state index contributed by atoms with van der Waals surface area (Å²) in [5.41, 5.74) is 7.11. The van der Waals surface area contributed by atoms with Gasteiger partial charge in [0.1, 0.15) is 10.7 Å². The number of unbranched alkanes of at least 4 members (excludes halogenated alkanes) is 3. The van der Waals surface area contributed by atoms with E-state index in [0.717, 1.165) is 18.7 Å². The van der Waals surface area contributed by atoms with Crippen molar-refractivity contribution in [3.8, 4) is 0 Å². The van der Waals surface area contributed by atoms with Gasteiger partial charge in [-0.2, -0.15) is 0 Å². The molecule has 1 heterocycles. The van der Waals surface area contributed by atoms with Gasteiger partial charge in [-0.05, 0) is 13.3 Å². The van der Waals surface area contributed by atoms with Crippen LogP contribution in [-0.2, 0) is 11.3 Å². The van der Waals surface area contributed by atoms with Crippen LogP contribution in [0.4, 0.5) is 0 Å². The summed E-state index contributed by atoms with van der Waals surface area (Å²) in [4.78, 5) is 0.272. The van der Waals surface area contributed by atoms with Crippen molar-refractivity contribution in [2.24, 2.45) is 5.73 Å². The van der Waals surface area contributed by atoms with E-state index < -0.39 is 0 Å². The molecule has 0 aliphatic rings. The first-order valence-corrected chi connectivity index (χ1v) is 6.78. The van der Waals surface area contributed by atoms with Gasteiger partial charge in [0.05, 0.1) is 11.8 Å². The molecule has 0 radical (unpaired) electrons. The van der Waals surface area contributed by atoms with Crippen LogP contribution >= 0.6 is 12.2 Å². The topological polar surface area (TPSA) is 66.0 Å². The molecule has 0 saturated carbocycles. The van der Waals surface area contributed by atoms with Crippen LogP contribution in [0.15, 0.2) is 0 Å². The van der Waals surface area contributed by atoms with E-state index in [1.165, 1.54) is 19.3 Å². The lowest BCUT2D eigenvalue weighted by molar-refractivity contribution is 0.111. The van der Waals surface area contributed by atoms with Gasteiger partial charge in [-0.3, -0.25) is 0 Å². The summed E-state index contributed by atoms with van der Waals surface area (Å²) in [6.45, 7) is 4.97. The monoisotopic (exact) mass is 270 g/mol. The molecule has 1 atom stereocenters. The molecule has 5 nitrogen and oxygen atoms in total. The Hall–Kier alpha value is -1.01. The van der Waals surface area contributed by atoms with E-state index in [1.807, 2.05) is 11.6 Å². The van der Waals surface area contributed by atoms with E-state index >= 15 is 0 Å². The molecular weight excluding hydrogens is 248 g/mol. The Balaban J connectivity index is 2.80. The van der Waals surface area contributed by atoms with Crippen LogP contribution in [0.2, 0.25) is 0 Å². The minimum Gasteiger partial charge on any atom is -0.388 e. The van der Waals surface area contributed by atoms with E-state index in [0.29, 0.717) is 5.69 Å². The first-order chi connectivity index (χ1) is 8.61. The Labute approximate surface area is 114 Å². The number of hydrogen-bond acceptors (Lipinski definition) is 4. The summed E-state index contributed by atoms with van der Waals surface area (Å²) in [6, 6.07) is 0. The molecule has 1 aromatic rings. The molecule has 0 amide bonds. The highest BCUT2D eigenvalue weighted by Gasteiger charge is 2.20. The summed E-state index contributed by atoms with van der Waals surface area (Å²) >= 11 is 4.99. The SMILES string of the molecule is CCCCCCn1nnc(C(N)=S)c1C(C)OC. The molecule has 18 heavy (non-hydrogen) atoms. The van der Waals surface area contributed by atoms with Crippen molar-refractivity contribution >= 4 is 17.2 Å². The molecule has 6 heteroatoms. The van der Waals surface area contributed by atoms with Crippen molar-refractivity contribution in [3.05, 3.63) is 11.4 Å². The van der Waals surface area contributed by atoms with E-state index in [2.05, 4.69) is 17.2 Å². The summed E-state index contributed by atoms with van der Waals surface area (Å²) in [5, 5.41) is 8.17. The minimum absolute atomic E-state index is 0.109. The maximum absolute atomic E-state index is 5.66. The molecule has 0 aliphatic heterocycles. The number of rotatable bonds is 8. The number of ether oxygens (including phenoxy) is 1. The summed E-state index contributed by atoms with van der Waals surface area (Å²) < 4.78 is 7.20. The van der Waals surface area contributed by atoms with Gasteiger partial charge in [0.25, 0.3) is 0 Å². The zero-order valence-corrected chi connectivity index (χ0v) is 12.2. The highest BCUT2D eigenvalue weighted by Crippen LogP contribution is 2.19. The molecule has 0 aliphatic carbocycles. The second-order valence-corrected chi connectivity index (χ2v) is 4.79. The van der Waals surface area contributed by atoms with Crippen molar-refractivity contribution in [2.75, 3.05) is 7.11 Å². The Kier molecular flexibility index (Phi) is 6.21. The summed E-state index contributed by atoms with van der Waals surface area (Å²) in [5.74, 6) is 0. The first-order valence-electron chi connectivity index (χ1n) is 6.37. The Morgan fingerprint density at radius 2 is 2.17 bits per heavy atom. The van der Waals surface area contributed by atoms with E-state index in [4.69, 9.17) is 22.7 Å². The third-order valence-corrected chi connectivity index (χ3v) is 3.16. The van der Waals surface area contributed by atoms with Gasteiger partial charge in [0.15, 0.2) is 0 Å². The molecule has 1 aromatic heterocycles. The summed E-state index contributed by atoms with van der Waals surface area (Å²) in [6.07, 6.45) is 4.63. The molecule has 102 valence electrons. The fraction of sp³-hybridized carbons (Fsp3) is 0.750. The van der Waals surface area contributed by atoms with Crippen molar-refractivity contribution in [1.29, 1.82) is 0 Å². The smallest absolute Gasteiger partial charge is 0.145 e. The van der Waals surface area contributed by atoms with E-state index in [9.17, 15) is 0 Å². The first kappa shape index (κ1) is 15.0. The molecule has 2 N–H and O–H groups in total. The second kappa shape index (κ2) is 7.43. The van der Waals surface area contributed by atoms with Gasteiger partial charge in [-0.25, -0.2) is 4.68 Å². The van der Waals surface area contributed by atoms with Crippen LogP contribution in [-0.4, -0.2) is 27.1 Å². The maximum Gasteiger partial charge on any atom is 0.145 e. The number of hydrogen-bond donors (Lipinski definition) is 1. The minimum atomic E-state index is -0.109. The maximum atomic E-state index is 5.66. The van der Waals surface area contributed by atoms with Gasteiger partial charge in [-0.15, -0.1) is 5.10 Å². The largest absolute Gasteiger partial charge is 0.388 e. The Bertz CT molecular complexity index is 391. The predicted octanol–water partition coefficient (Wildman–Crippen LogP) is 2.20. The number of nitrogens with zero attached hydrogens (tertiary/aromatic N) is 3. The molecular formula is C12H22N4OS. The normalized spacial score (nSPS) is 12.6. The third kappa shape index (κ3) is 3.74. The Morgan fingerprint density at radius 1 is 1.44 bits per heavy atom. The highest BCUT2D eigenvalue weighted by molar-refractivity contribution is 7.80. The quantitative estimate of drug-likeness (QED) is 0.579. The van der Waals surface area contributed by atoms with Crippen molar-refractivity contribution < 1.29 is 4.74 Å². The van der Waals surface area contributed by atoms with Gasteiger partial charge in [0, 0.05) is 13.7 Å². The van der Waals surface area contributed by atoms with Crippen LogP contribution in [0.25, 0.3) is 0 Å². The highest BCUT2D eigenvalue weighted by atomic mass is 32.1. The van der Waals surface area contributed by atoms with Crippen molar-refractivity contribution in [2.45, 2.75) is 52.2 Å². The van der Waals surface area contributed by atoms with Crippen molar-refractivity contribution in [3.63, 3.8) is 0 Å². The van der Waals surface area contributed by atoms with Crippen molar-refractivity contribution in [1.82, 2.24) is 15.0 Å². The van der Waals surface area contributed by atoms with Crippen LogP contribution in [0, 0.1) is 0 Å². The number of aromatic nitrogens is 3. The Morgan fingerprint density at radius 3 is 2.72 bits per heavy atom. The molecule has 0 bridgehead atoms. The van der Waals surface area contributed by atoms with Crippen LogP contribution in [0.3, 0.4) is 0 Å². The zero-order valence-electron chi connectivity index (χ0n) is 11.3. The van der Waals surface area contributed by atoms with Gasteiger partial charge < -0.3 is 10.5 Å². The number of thiocarbonyl (C=S) groups is 1. The predicted molar refractivity (Wildman–Crippen MR) is 75.5 cm³/mol. The molecule has 0 spiro atoms. The van der Waals surface area contributed by atoms with E-state index in [1.54, 1.807) is 7.11 Å². The van der Waals surface area contributed by atoms with Gasteiger partial charge >= 0.3 is 0 Å². The van der Waals surface area contributed by atoms with Crippen LogP contribution < -0.4 is 5.73 Å². The number of nitrogens with two attached hydrogens (primary N) is 1. The average Bonchev–Trinajstić information content (AvgIpc) is 2.77. The lowest BCUT2D eigenvalue weighted by Gasteiger charge is -2.13. The van der Waals surface area contributed by atoms with Gasteiger partial charge in [-0.1, -0.05) is 43.6 Å². The zero-order chi connectivity index (χ0) is 13.5. The summed E-state index contributed by atoms with van der Waals surface area (Å²) in [7, 11) is 1.66. The lowest BCUT2D eigenvalue weighted by atomic mass is 10.2. The molecule has 0 aromatic carbocycles. The molecule has 1 unspecified atom stereocenters. The fourth-order valence-electron chi connectivity index (χ4n) is 1.86.